The van der Waals surface area contributed by atoms with Gasteiger partial charge in [0.15, 0.2) is 9.84 Å². The Balaban J connectivity index is 1.91. The van der Waals surface area contributed by atoms with Crippen molar-refractivity contribution in [1.82, 2.24) is 5.32 Å². The summed E-state index contributed by atoms with van der Waals surface area (Å²) in [6.45, 7) is 2.06. The van der Waals surface area contributed by atoms with Crippen LogP contribution in [0.15, 0.2) is 0 Å². The van der Waals surface area contributed by atoms with E-state index in [9.17, 15) is 13.5 Å². The molecule has 82 valence electrons. The number of aliphatic hydroxyl groups is 1. The fourth-order valence-corrected chi connectivity index (χ4v) is 3.81. The molecule has 1 aliphatic carbocycles. The second-order valence-corrected chi connectivity index (χ2v) is 6.70. The van der Waals surface area contributed by atoms with Gasteiger partial charge >= 0.3 is 0 Å². The molecule has 5 heteroatoms. The second-order valence-electron chi connectivity index (χ2n) is 4.54. The summed E-state index contributed by atoms with van der Waals surface area (Å²) in [7, 11) is -3.01. The van der Waals surface area contributed by atoms with Crippen molar-refractivity contribution in [3.05, 3.63) is 0 Å². The van der Waals surface area contributed by atoms with Crippen LogP contribution in [-0.2, 0) is 9.84 Å². The van der Waals surface area contributed by atoms with Crippen LogP contribution in [0, 0.1) is 5.92 Å². The first-order valence-electron chi connectivity index (χ1n) is 5.12. The summed E-state index contributed by atoms with van der Waals surface area (Å²) in [6, 6.07) is 0.0820. The lowest BCUT2D eigenvalue weighted by Gasteiger charge is -2.20. The minimum Gasteiger partial charge on any atom is -0.390 e. The van der Waals surface area contributed by atoms with Gasteiger partial charge in [0.2, 0.25) is 0 Å². The largest absolute Gasteiger partial charge is 0.390 e. The molecule has 1 saturated heterocycles. The molecule has 0 bridgehead atoms. The van der Waals surface area contributed by atoms with Crippen molar-refractivity contribution >= 4 is 9.84 Å². The van der Waals surface area contributed by atoms with Gasteiger partial charge in [-0.15, -0.1) is 0 Å². The van der Waals surface area contributed by atoms with Gasteiger partial charge in [-0.1, -0.05) is 0 Å². The molecule has 0 aromatic rings. The molecule has 2 fully saturated rings. The van der Waals surface area contributed by atoms with E-state index in [1.165, 1.54) is 12.8 Å². The molecule has 4 nitrogen and oxygen atoms in total. The Morgan fingerprint density at radius 3 is 2.43 bits per heavy atom. The van der Waals surface area contributed by atoms with Gasteiger partial charge in [0, 0.05) is 12.1 Å². The van der Waals surface area contributed by atoms with Crippen molar-refractivity contribution in [2.45, 2.75) is 38.0 Å². The Morgan fingerprint density at radius 1 is 1.36 bits per heavy atom. The number of hydrogen-bond donors (Lipinski definition) is 2. The van der Waals surface area contributed by atoms with E-state index >= 15 is 0 Å². The van der Waals surface area contributed by atoms with E-state index in [1.54, 1.807) is 0 Å². The Hall–Kier alpha value is -0.130. The van der Waals surface area contributed by atoms with Crippen molar-refractivity contribution < 1.29 is 13.5 Å². The highest BCUT2D eigenvalue weighted by molar-refractivity contribution is 7.91. The Labute approximate surface area is 84.6 Å². The van der Waals surface area contributed by atoms with Crippen LogP contribution in [0.4, 0.5) is 0 Å². The van der Waals surface area contributed by atoms with Gasteiger partial charge in [-0.05, 0) is 25.7 Å². The lowest BCUT2D eigenvalue weighted by atomic mass is 10.1. The van der Waals surface area contributed by atoms with Crippen LogP contribution in [0.3, 0.4) is 0 Å². The molecule has 1 saturated carbocycles. The third kappa shape index (κ3) is 2.27. The molecule has 2 N–H and O–H groups in total. The molecule has 3 atom stereocenters. The van der Waals surface area contributed by atoms with Crippen molar-refractivity contribution in [2.24, 2.45) is 5.92 Å². The maximum absolute atomic E-state index is 11.2. The molecular weight excluding hydrogens is 202 g/mol. The third-order valence-corrected chi connectivity index (χ3v) is 4.85. The van der Waals surface area contributed by atoms with Crippen LogP contribution >= 0.6 is 0 Å². The molecule has 14 heavy (non-hydrogen) atoms. The van der Waals surface area contributed by atoms with Crippen molar-refractivity contribution in [3.8, 4) is 0 Å². The molecule has 0 amide bonds. The minimum absolute atomic E-state index is 0.0813. The zero-order valence-corrected chi connectivity index (χ0v) is 9.13. The Morgan fingerprint density at radius 2 is 2.00 bits per heavy atom. The van der Waals surface area contributed by atoms with Gasteiger partial charge in [0.1, 0.15) is 0 Å². The van der Waals surface area contributed by atoms with Crippen LogP contribution in [0.1, 0.15) is 19.8 Å². The van der Waals surface area contributed by atoms with Crippen LogP contribution in [0.25, 0.3) is 0 Å². The van der Waals surface area contributed by atoms with Gasteiger partial charge in [0.25, 0.3) is 0 Å². The molecule has 1 heterocycles. The van der Waals surface area contributed by atoms with Gasteiger partial charge in [-0.3, -0.25) is 0 Å². The van der Waals surface area contributed by atoms with Gasteiger partial charge < -0.3 is 10.4 Å². The van der Waals surface area contributed by atoms with Crippen LogP contribution < -0.4 is 5.32 Å². The van der Waals surface area contributed by atoms with E-state index < -0.39 is 15.9 Å². The van der Waals surface area contributed by atoms with Gasteiger partial charge in [-0.2, -0.15) is 0 Å². The average Bonchev–Trinajstić information content (AvgIpc) is 2.79. The summed E-state index contributed by atoms with van der Waals surface area (Å²) in [5, 5.41) is 12.8. The summed E-state index contributed by atoms with van der Waals surface area (Å²) >= 11 is 0. The number of rotatable bonds is 3. The molecule has 3 unspecified atom stereocenters. The van der Waals surface area contributed by atoms with E-state index in [0.717, 1.165) is 0 Å². The molecule has 0 radical (unpaired) electrons. The molecule has 2 aliphatic rings. The zero-order chi connectivity index (χ0) is 10.3. The first-order chi connectivity index (χ1) is 6.48. The van der Waals surface area contributed by atoms with Crippen LogP contribution in [-0.4, -0.2) is 43.2 Å². The summed E-state index contributed by atoms with van der Waals surface area (Å²) in [4.78, 5) is 0. The first-order valence-corrected chi connectivity index (χ1v) is 6.94. The van der Waals surface area contributed by atoms with E-state index in [2.05, 4.69) is 12.2 Å². The summed E-state index contributed by atoms with van der Waals surface area (Å²) in [5.74, 6) is 0.693. The second kappa shape index (κ2) is 3.47. The van der Waals surface area contributed by atoms with E-state index in [-0.39, 0.29) is 17.5 Å². The summed E-state index contributed by atoms with van der Waals surface area (Å²) in [6.07, 6.45) is 1.73. The minimum atomic E-state index is -3.01. The predicted molar refractivity (Wildman–Crippen MR) is 53.8 cm³/mol. The van der Waals surface area contributed by atoms with E-state index in [0.29, 0.717) is 12.0 Å². The van der Waals surface area contributed by atoms with Crippen molar-refractivity contribution in [2.75, 3.05) is 11.5 Å². The summed E-state index contributed by atoms with van der Waals surface area (Å²) < 4.78 is 22.4. The molecule has 2 rings (SSSR count). The number of aliphatic hydroxyl groups excluding tert-OH is 1. The van der Waals surface area contributed by atoms with Crippen LogP contribution in [0.2, 0.25) is 0 Å². The smallest absolute Gasteiger partial charge is 0.154 e. The SMILES string of the molecule is CC(NC1CS(=O)(=O)CC1O)C1CC1. The average molecular weight is 219 g/mol. The molecular formula is C9H17NO3S. The molecule has 0 aromatic carbocycles. The first kappa shape index (κ1) is 10.4. The van der Waals surface area contributed by atoms with Gasteiger partial charge in [-0.25, -0.2) is 8.42 Å². The fourth-order valence-electron chi connectivity index (χ4n) is 2.06. The Bertz CT molecular complexity index is 310. The van der Waals surface area contributed by atoms with Crippen molar-refractivity contribution in [1.29, 1.82) is 0 Å². The zero-order valence-electron chi connectivity index (χ0n) is 8.31. The molecule has 0 spiro atoms. The topological polar surface area (TPSA) is 66.4 Å². The predicted octanol–water partition coefficient (Wildman–Crippen LogP) is -0.468. The number of hydrogen-bond acceptors (Lipinski definition) is 4. The van der Waals surface area contributed by atoms with Crippen molar-refractivity contribution in [3.63, 3.8) is 0 Å². The number of sulfone groups is 1. The van der Waals surface area contributed by atoms with Crippen LogP contribution in [0.5, 0.6) is 0 Å². The van der Waals surface area contributed by atoms with Gasteiger partial charge in [0.05, 0.1) is 17.6 Å². The monoisotopic (exact) mass is 219 g/mol. The third-order valence-electron chi connectivity index (χ3n) is 3.13. The highest BCUT2D eigenvalue weighted by Crippen LogP contribution is 2.33. The lowest BCUT2D eigenvalue weighted by Crippen LogP contribution is -2.44. The quantitative estimate of drug-likeness (QED) is 0.673. The lowest BCUT2D eigenvalue weighted by molar-refractivity contribution is 0.158. The van der Waals surface area contributed by atoms with E-state index in [4.69, 9.17) is 0 Å². The maximum Gasteiger partial charge on any atom is 0.154 e. The molecule has 0 aromatic heterocycles. The summed E-state index contributed by atoms with van der Waals surface area (Å²) in [5.41, 5.74) is 0. The molecule has 1 aliphatic heterocycles. The standard InChI is InChI=1S/C9H17NO3S/c1-6(7-2-3-7)10-8-4-14(12,13)5-9(8)11/h6-11H,2-5H2,1H3. The normalized spacial score (nSPS) is 38.4. The maximum atomic E-state index is 11.2. The van der Waals surface area contributed by atoms with E-state index in [1.807, 2.05) is 0 Å². The fraction of sp³-hybridized carbons (Fsp3) is 1.00. The highest BCUT2D eigenvalue weighted by Gasteiger charge is 2.39. The highest BCUT2D eigenvalue weighted by atomic mass is 32.2. The number of nitrogens with one attached hydrogen (secondary N) is 1. The Kier molecular flexibility index (Phi) is 2.57.